The molecule has 3 aromatic rings. The van der Waals surface area contributed by atoms with Crippen LogP contribution in [-0.4, -0.2) is 46.5 Å². The van der Waals surface area contributed by atoms with Crippen LogP contribution >= 0.6 is 0 Å². The standard InChI is InChI=1S/C32H32FN3O7/c1-4-18(3)28(34-32(40)42-16-21-10-8-12-23-22-11-7-6-9-20(22)13-24(21)23)30(38)41-17-26-25(33)14-27(43-26)36-15-19(5-2)29(37)35-31(36)39/h2,6-12,15,18,25-28H,4,13-14,16-17H2,1,3H3,(H,34,40)(H,35,37,39)/t18-,25-,26+,27+,28-/m0/s1. The van der Waals surface area contributed by atoms with Crippen LogP contribution in [-0.2, 0) is 32.0 Å². The van der Waals surface area contributed by atoms with Gasteiger partial charge in [0, 0.05) is 12.6 Å². The highest BCUT2D eigenvalue weighted by molar-refractivity contribution is 5.82. The lowest BCUT2D eigenvalue weighted by molar-refractivity contribution is -0.153. The maximum absolute atomic E-state index is 14.8. The monoisotopic (exact) mass is 589 g/mol. The Bertz CT molecular complexity index is 1690. The van der Waals surface area contributed by atoms with Crippen LogP contribution in [0.15, 0.2) is 58.3 Å². The third kappa shape index (κ3) is 6.24. The molecule has 1 aliphatic carbocycles. The summed E-state index contributed by atoms with van der Waals surface area (Å²) >= 11 is 0. The number of carbonyl (C=O) groups is 2. The SMILES string of the molecule is C#Cc1cn([C@H]2C[C@H](F)[C@@H](COC(=O)[C@@H](NC(=O)OCc3cccc4c3Cc3ccccc3-4)[C@@H](C)CC)O2)c(=O)[nH]c1=O. The quantitative estimate of drug-likeness (QED) is 0.226. The molecule has 11 heteroatoms. The number of nitrogens with zero attached hydrogens (tertiary/aromatic N) is 1. The van der Waals surface area contributed by atoms with Crippen molar-refractivity contribution >= 4 is 12.1 Å². The normalized spacial score (nSPS) is 19.9. The number of alkyl halides is 1. The number of rotatable bonds is 9. The summed E-state index contributed by atoms with van der Waals surface area (Å²) in [5, 5.41) is 2.60. The first-order valence-corrected chi connectivity index (χ1v) is 14.1. The second-order valence-electron chi connectivity index (χ2n) is 10.7. The molecule has 1 aliphatic heterocycles. The van der Waals surface area contributed by atoms with Crippen molar-refractivity contribution in [1.82, 2.24) is 14.9 Å². The predicted octanol–water partition coefficient (Wildman–Crippen LogP) is 3.60. The number of esters is 1. The number of ether oxygens (including phenoxy) is 3. The molecule has 5 rings (SSSR count). The van der Waals surface area contributed by atoms with E-state index in [0.29, 0.717) is 6.42 Å². The number of amides is 1. The number of carbonyl (C=O) groups excluding carboxylic acids is 2. The van der Waals surface area contributed by atoms with Gasteiger partial charge in [-0.05, 0) is 40.2 Å². The minimum Gasteiger partial charge on any atom is -0.461 e. The molecule has 5 atom stereocenters. The van der Waals surface area contributed by atoms with E-state index in [1.807, 2.05) is 37.3 Å². The molecule has 0 bridgehead atoms. The van der Waals surface area contributed by atoms with E-state index in [0.717, 1.165) is 33.9 Å². The number of alkyl carbamates (subject to hydrolysis) is 1. The Morgan fingerprint density at radius 3 is 2.72 bits per heavy atom. The number of halogens is 1. The predicted molar refractivity (Wildman–Crippen MR) is 155 cm³/mol. The van der Waals surface area contributed by atoms with E-state index in [9.17, 15) is 23.6 Å². The lowest BCUT2D eigenvalue weighted by Crippen LogP contribution is -2.47. The van der Waals surface area contributed by atoms with E-state index in [4.69, 9.17) is 20.6 Å². The van der Waals surface area contributed by atoms with Gasteiger partial charge in [0.25, 0.3) is 5.56 Å². The molecular formula is C32H32FN3O7. The van der Waals surface area contributed by atoms with E-state index in [1.54, 1.807) is 6.92 Å². The van der Waals surface area contributed by atoms with Crippen LogP contribution in [0.3, 0.4) is 0 Å². The third-order valence-electron chi connectivity index (χ3n) is 8.03. The number of aromatic amines is 1. The first-order chi connectivity index (χ1) is 20.7. The summed E-state index contributed by atoms with van der Waals surface area (Å²) in [6.45, 7) is 3.21. The van der Waals surface area contributed by atoms with Gasteiger partial charge in [0.15, 0.2) is 0 Å². The first-order valence-electron chi connectivity index (χ1n) is 14.1. The number of H-pyrrole nitrogens is 1. The average molecular weight is 590 g/mol. The van der Waals surface area contributed by atoms with Gasteiger partial charge in [-0.25, -0.2) is 18.8 Å². The fourth-order valence-corrected chi connectivity index (χ4v) is 5.41. The average Bonchev–Trinajstić information content (AvgIpc) is 3.57. The molecule has 1 saturated heterocycles. The Balaban J connectivity index is 1.18. The zero-order valence-corrected chi connectivity index (χ0v) is 23.8. The first kappa shape index (κ1) is 29.8. The largest absolute Gasteiger partial charge is 0.461 e. The smallest absolute Gasteiger partial charge is 0.408 e. The zero-order chi connectivity index (χ0) is 30.7. The van der Waals surface area contributed by atoms with E-state index in [2.05, 4.69) is 28.4 Å². The fraction of sp³-hybridized carbons (Fsp3) is 0.375. The van der Waals surface area contributed by atoms with Crippen molar-refractivity contribution in [1.29, 1.82) is 0 Å². The molecular weight excluding hydrogens is 557 g/mol. The van der Waals surface area contributed by atoms with Gasteiger partial charge >= 0.3 is 17.8 Å². The molecule has 10 nitrogen and oxygen atoms in total. The maximum Gasteiger partial charge on any atom is 0.408 e. The molecule has 0 spiro atoms. The lowest BCUT2D eigenvalue weighted by atomic mass is 9.99. The Hall–Kier alpha value is -4.69. The number of benzene rings is 2. The van der Waals surface area contributed by atoms with E-state index >= 15 is 0 Å². The molecule has 2 aliphatic rings. The minimum atomic E-state index is -1.57. The van der Waals surface area contributed by atoms with Crippen LogP contribution in [0, 0.1) is 18.3 Å². The molecule has 0 saturated carbocycles. The van der Waals surface area contributed by atoms with Gasteiger partial charge in [-0.3, -0.25) is 14.3 Å². The molecule has 1 aromatic heterocycles. The van der Waals surface area contributed by atoms with Crippen LogP contribution in [0.5, 0.6) is 0 Å². The molecule has 224 valence electrons. The molecule has 1 fully saturated rings. The van der Waals surface area contributed by atoms with Gasteiger partial charge in [-0.1, -0.05) is 68.7 Å². The molecule has 2 N–H and O–H groups in total. The van der Waals surface area contributed by atoms with Gasteiger partial charge in [0.1, 0.15) is 43.3 Å². The number of fused-ring (bicyclic) bond motifs is 3. The van der Waals surface area contributed by atoms with Gasteiger partial charge in [-0.2, -0.15) is 0 Å². The molecule has 2 aromatic carbocycles. The molecule has 2 heterocycles. The number of hydrogen-bond acceptors (Lipinski definition) is 7. The number of hydrogen-bond donors (Lipinski definition) is 2. The third-order valence-corrected chi connectivity index (χ3v) is 8.03. The Kier molecular flexibility index (Phi) is 8.78. The van der Waals surface area contributed by atoms with Gasteiger partial charge in [-0.15, -0.1) is 6.42 Å². The van der Waals surface area contributed by atoms with Crippen molar-refractivity contribution in [2.75, 3.05) is 6.61 Å². The Labute approximate surface area is 247 Å². The second-order valence-corrected chi connectivity index (χ2v) is 10.7. The van der Waals surface area contributed by atoms with Crippen molar-refractivity contribution in [3.05, 3.63) is 91.8 Å². The van der Waals surface area contributed by atoms with Crippen LogP contribution < -0.4 is 16.6 Å². The highest BCUT2D eigenvalue weighted by Gasteiger charge is 2.39. The summed E-state index contributed by atoms with van der Waals surface area (Å²) in [4.78, 5) is 51.9. The highest BCUT2D eigenvalue weighted by atomic mass is 19.1. The lowest BCUT2D eigenvalue weighted by Gasteiger charge is -2.23. The summed E-state index contributed by atoms with van der Waals surface area (Å²) in [6.07, 6.45) is 2.93. The van der Waals surface area contributed by atoms with Crippen molar-refractivity contribution in [3.63, 3.8) is 0 Å². The second kappa shape index (κ2) is 12.7. The summed E-state index contributed by atoms with van der Waals surface area (Å²) in [5.74, 6) is 1.08. The molecule has 0 unspecified atom stereocenters. The van der Waals surface area contributed by atoms with Crippen molar-refractivity contribution in [2.45, 2.75) is 64.3 Å². The topological polar surface area (TPSA) is 129 Å². The van der Waals surface area contributed by atoms with Crippen molar-refractivity contribution < 1.29 is 28.2 Å². The van der Waals surface area contributed by atoms with E-state index in [-0.39, 0.29) is 24.5 Å². The van der Waals surface area contributed by atoms with Crippen molar-refractivity contribution in [2.24, 2.45) is 5.92 Å². The van der Waals surface area contributed by atoms with Gasteiger partial charge in [0.2, 0.25) is 0 Å². The molecule has 43 heavy (non-hydrogen) atoms. The summed E-state index contributed by atoms with van der Waals surface area (Å²) in [5.41, 5.74) is 3.83. The molecule has 0 radical (unpaired) electrons. The van der Waals surface area contributed by atoms with Gasteiger partial charge < -0.3 is 19.5 Å². The van der Waals surface area contributed by atoms with Crippen LogP contribution in [0.25, 0.3) is 11.1 Å². The van der Waals surface area contributed by atoms with Crippen LogP contribution in [0.2, 0.25) is 0 Å². The van der Waals surface area contributed by atoms with Crippen LogP contribution in [0.4, 0.5) is 9.18 Å². The van der Waals surface area contributed by atoms with Crippen LogP contribution in [0.1, 0.15) is 55.2 Å². The number of terminal acetylenes is 1. The summed E-state index contributed by atoms with van der Waals surface area (Å²) < 4.78 is 32.3. The Morgan fingerprint density at radius 1 is 1.19 bits per heavy atom. The number of nitrogens with one attached hydrogen (secondary N) is 2. The van der Waals surface area contributed by atoms with Gasteiger partial charge in [0.05, 0.1) is 0 Å². The summed E-state index contributed by atoms with van der Waals surface area (Å²) in [6, 6.07) is 13.0. The Morgan fingerprint density at radius 2 is 1.95 bits per heavy atom. The van der Waals surface area contributed by atoms with E-state index < -0.39 is 54.5 Å². The minimum absolute atomic E-state index is 0.0254. The molecule has 1 amide bonds. The summed E-state index contributed by atoms with van der Waals surface area (Å²) in [7, 11) is 0. The van der Waals surface area contributed by atoms with Crippen molar-refractivity contribution in [3.8, 4) is 23.5 Å². The van der Waals surface area contributed by atoms with E-state index in [1.165, 1.54) is 11.1 Å². The highest BCUT2D eigenvalue weighted by Crippen LogP contribution is 2.38. The number of aromatic nitrogens is 2. The fourth-order valence-electron chi connectivity index (χ4n) is 5.41. The maximum atomic E-state index is 14.8. The zero-order valence-electron chi connectivity index (χ0n) is 23.8.